The number of nitrogens with one attached hydrogen (secondary N) is 2. The molecule has 0 aromatic carbocycles. The molecule has 1 aromatic heterocycles. The van der Waals surface area contributed by atoms with Crippen molar-refractivity contribution in [2.24, 2.45) is 5.73 Å². The minimum atomic E-state index is -1.36. The van der Waals surface area contributed by atoms with Gasteiger partial charge in [-0.25, -0.2) is 4.79 Å². The summed E-state index contributed by atoms with van der Waals surface area (Å²) in [6.45, 7) is 0.0590. The third kappa shape index (κ3) is 6.04. The Labute approximate surface area is 124 Å². The number of hydrogen-bond acceptors (Lipinski definition) is 5. The summed E-state index contributed by atoms with van der Waals surface area (Å²) in [6.07, 6.45) is -0.583. The van der Waals surface area contributed by atoms with Gasteiger partial charge in [0.2, 0.25) is 11.8 Å². The lowest BCUT2D eigenvalue weighted by Crippen LogP contribution is -2.44. The predicted molar refractivity (Wildman–Crippen MR) is 74.6 cm³/mol. The summed E-state index contributed by atoms with van der Waals surface area (Å²) in [7, 11) is 0. The van der Waals surface area contributed by atoms with Crippen LogP contribution in [-0.2, 0) is 14.4 Å². The zero-order chi connectivity index (χ0) is 15.8. The maximum absolute atomic E-state index is 11.6. The van der Waals surface area contributed by atoms with Crippen LogP contribution < -0.4 is 16.4 Å². The zero-order valence-electron chi connectivity index (χ0n) is 11.0. The quantitative estimate of drug-likeness (QED) is 0.503. The van der Waals surface area contributed by atoms with Gasteiger partial charge in [0.15, 0.2) is 0 Å². The molecule has 1 rings (SSSR count). The van der Waals surface area contributed by atoms with Gasteiger partial charge >= 0.3 is 5.97 Å². The molecule has 0 unspecified atom stereocenters. The first-order valence-electron chi connectivity index (χ1n) is 6.01. The SMILES string of the molecule is NC(=O)C[C@@H](NC(=O)CCNC(=O)c1ccsc1)C(=O)O. The van der Waals surface area contributed by atoms with Crippen LogP contribution in [0, 0.1) is 0 Å². The molecular formula is C12H15N3O5S. The summed E-state index contributed by atoms with van der Waals surface area (Å²) in [5.41, 5.74) is 5.39. The third-order valence-corrected chi connectivity index (χ3v) is 3.14. The Balaban J connectivity index is 2.34. The summed E-state index contributed by atoms with van der Waals surface area (Å²) < 4.78 is 0. The van der Waals surface area contributed by atoms with E-state index in [0.717, 1.165) is 0 Å². The summed E-state index contributed by atoms with van der Waals surface area (Å²) >= 11 is 1.38. The Morgan fingerprint density at radius 2 is 2.05 bits per heavy atom. The number of hydrogen-bond donors (Lipinski definition) is 4. The molecule has 5 N–H and O–H groups in total. The van der Waals surface area contributed by atoms with Crippen LogP contribution in [0.2, 0.25) is 0 Å². The van der Waals surface area contributed by atoms with Crippen LogP contribution in [0.5, 0.6) is 0 Å². The van der Waals surface area contributed by atoms with Crippen LogP contribution in [0.15, 0.2) is 16.8 Å². The number of thiophene rings is 1. The standard InChI is InChI=1S/C12H15N3O5S/c13-9(16)5-8(12(19)20)15-10(17)1-3-14-11(18)7-2-4-21-6-7/h2,4,6,8H,1,3,5H2,(H2,13,16)(H,14,18)(H,15,17)(H,19,20)/t8-/m1/s1. The maximum Gasteiger partial charge on any atom is 0.326 e. The van der Waals surface area contributed by atoms with E-state index < -0.39 is 30.2 Å². The highest BCUT2D eigenvalue weighted by Crippen LogP contribution is 2.05. The van der Waals surface area contributed by atoms with Crippen molar-refractivity contribution in [1.82, 2.24) is 10.6 Å². The van der Waals surface area contributed by atoms with Gasteiger partial charge in [-0.2, -0.15) is 11.3 Å². The predicted octanol–water partition coefficient (Wildman–Crippen LogP) is -0.687. The van der Waals surface area contributed by atoms with Gasteiger partial charge in [0, 0.05) is 23.9 Å². The van der Waals surface area contributed by atoms with Gasteiger partial charge in [-0.3, -0.25) is 14.4 Å². The molecule has 21 heavy (non-hydrogen) atoms. The lowest BCUT2D eigenvalue weighted by Gasteiger charge is -2.12. The van der Waals surface area contributed by atoms with E-state index in [1.807, 2.05) is 0 Å². The third-order valence-electron chi connectivity index (χ3n) is 2.46. The summed E-state index contributed by atoms with van der Waals surface area (Å²) in [5, 5.41) is 16.9. The van der Waals surface area contributed by atoms with Crippen molar-refractivity contribution in [2.45, 2.75) is 18.9 Å². The highest BCUT2D eigenvalue weighted by atomic mass is 32.1. The van der Waals surface area contributed by atoms with E-state index in [-0.39, 0.29) is 18.9 Å². The minimum absolute atomic E-state index is 0.0590. The number of aliphatic carboxylic acids is 1. The first-order chi connectivity index (χ1) is 9.90. The number of carbonyl (C=O) groups is 4. The summed E-state index contributed by atoms with van der Waals surface area (Å²) in [6, 6.07) is 0.287. The Hall–Kier alpha value is -2.42. The molecule has 0 saturated heterocycles. The summed E-state index contributed by atoms with van der Waals surface area (Å²) in [4.78, 5) is 44.6. The van der Waals surface area contributed by atoms with Crippen LogP contribution in [0.3, 0.4) is 0 Å². The summed E-state index contributed by atoms with van der Waals surface area (Å²) in [5.74, 6) is -3.07. The van der Waals surface area contributed by atoms with Crippen LogP contribution in [0.4, 0.5) is 0 Å². The molecule has 0 spiro atoms. The molecule has 3 amide bonds. The average Bonchev–Trinajstić information content (AvgIpc) is 2.91. The Morgan fingerprint density at radius 1 is 1.33 bits per heavy atom. The lowest BCUT2D eigenvalue weighted by molar-refractivity contribution is -0.143. The van der Waals surface area contributed by atoms with Crippen LogP contribution in [0.1, 0.15) is 23.2 Å². The molecule has 1 atom stereocenters. The fraction of sp³-hybridized carbons (Fsp3) is 0.333. The van der Waals surface area contributed by atoms with E-state index in [0.29, 0.717) is 5.56 Å². The Bertz CT molecular complexity index is 529. The number of rotatable bonds is 8. The molecule has 0 bridgehead atoms. The van der Waals surface area contributed by atoms with Crippen molar-refractivity contribution in [3.8, 4) is 0 Å². The largest absolute Gasteiger partial charge is 0.480 e. The molecule has 114 valence electrons. The normalized spacial score (nSPS) is 11.4. The molecule has 0 fully saturated rings. The smallest absolute Gasteiger partial charge is 0.326 e. The number of nitrogens with two attached hydrogens (primary N) is 1. The fourth-order valence-electron chi connectivity index (χ4n) is 1.45. The number of carbonyl (C=O) groups excluding carboxylic acids is 3. The van der Waals surface area contributed by atoms with E-state index in [9.17, 15) is 19.2 Å². The second kappa shape index (κ2) is 8.00. The minimum Gasteiger partial charge on any atom is -0.480 e. The van der Waals surface area contributed by atoms with Crippen molar-refractivity contribution in [3.63, 3.8) is 0 Å². The van der Waals surface area contributed by atoms with Gasteiger partial charge < -0.3 is 21.5 Å². The van der Waals surface area contributed by atoms with E-state index >= 15 is 0 Å². The van der Waals surface area contributed by atoms with Gasteiger partial charge in [-0.1, -0.05) is 0 Å². The highest BCUT2D eigenvalue weighted by Gasteiger charge is 2.21. The highest BCUT2D eigenvalue weighted by molar-refractivity contribution is 7.08. The molecule has 0 aliphatic heterocycles. The van der Waals surface area contributed by atoms with E-state index in [1.54, 1.807) is 16.8 Å². The Morgan fingerprint density at radius 3 is 2.57 bits per heavy atom. The van der Waals surface area contributed by atoms with Crippen LogP contribution in [-0.4, -0.2) is 41.4 Å². The molecule has 0 radical (unpaired) electrons. The van der Waals surface area contributed by atoms with Gasteiger partial charge in [0.05, 0.1) is 6.42 Å². The van der Waals surface area contributed by atoms with Gasteiger partial charge in [-0.15, -0.1) is 0 Å². The number of carboxylic acids is 1. The molecule has 0 saturated carbocycles. The second-order valence-corrected chi connectivity index (χ2v) is 4.93. The topological polar surface area (TPSA) is 139 Å². The van der Waals surface area contributed by atoms with Crippen molar-refractivity contribution < 1.29 is 24.3 Å². The van der Waals surface area contributed by atoms with E-state index in [1.165, 1.54) is 11.3 Å². The fourth-order valence-corrected chi connectivity index (χ4v) is 2.09. The number of carboxylic acid groups (broad SMARTS) is 1. The molecule has 0 aliphatic rings. The number of primary amides is 1. The molecule has 9 heteroatoms. The first-order valence-corrected chi connectivity index (χ1v) is 6.95. The van der Waals surface area contributed by atoms with Gasteiger partial charge in [-0.05, 0) is 11.4 Å². The maximum atomic E-state index is 11.6. The van der Waals surface area contributed by atoms with Crippen molar-refractivity contribution in [1.29, 1.82) is 0 Å². The zero-order valence-corrected chi connectivity index (χ0v) is 11.8. The van der Waals surface area contributed by atoms with E-state index in [2.05, 4.69) is 10.6 Å². The Kier molecular flexibility index (Phi) is 6.34. The average molecular weight is 313 g/mol. The molecule has 0 aliphatic carbocycles. The molecule has 1 heterocycles. The van der Waals surface area contributed by atoms with Crippen molar-refractivity contribution >= 4 is 35.0 Å². The second-order valence-electron chi connectivity index (χ2n) is 4.15. The monoisotopic (exact) mass is 313 g/mol. The molecule has 8 nitrogen and oxygen atoms in total. The number of amides is 3. The molecular weight excluding hydrogens is 298 g/mol. The van der Waals surface area contributed by atoms with E-state index in [4.69, 9.17) is 10.8 Å². The first kappa shape index (κ1) is 16.6. The van der Waals surface area contributed by atoms with Gasteiger partial charge in [0.1, 0.15) is 6.04 Å². The van der Waals surface area contributed by atoms with Gasteiger partial charge in [0.25, 0.3) is 5.91 Å². The van der Waals surface area contributed by atoms with Crippen LogP contribution in [0.25, 0.3) is 0 Å². The lowest BCUT2D eigenvalue weighted by atomic mass is 10.2. The van der Waals surface area contributed by atoms with Crippen molar-refractivity contribution in [3.05, 3.63) is 22.4 Å². The molecule has 1 aromatic rings. The van der Waals surface area contributed by atoms with Crippen LogP contribution >= 0.6 is 11.3 Å². The van der Waals surface area contributed by atoms with Crippen molar-refractivity contribution in [2.75, 3.05) is 6.54 Å².